The maximum atomic E-state index is 2.45. The van der Waals surface area contributed by atoms with Gasteiger partial charge in [0, 0.05) is 0 Å². The van der Waals surface area contributed by atoms with Crippen molar-refractivity contribution in [3.63, 3.8) is 0 Å². The fourth-order valence-electron chi connectivity index (χ4n) is 6.76. The number of quaternary nitrogens is 1. The third-order valence-corrected chi connectivity index (χ3v) is 10.2. The predicted octanol–water partition coefficient (Wildman–Crippen LogP) is 10.5. The first-order valence-electron chi connectivity index (χ1n) is 17.5. The summed E-state index contributed by atoms with van der Waals surface area (Å²) in [5, 5.41) is 0. The summed E-state index contributed by atoms with van der Waals surface area (Å²) in [7, 11) is 0. The molecule has 2 aromatic rings. The van der Waals surface area contributed by atoms with Crippen molar-refractivity contribution in [2.24, 2.45) is 0 Å². The van der Waals surface area contributed by atoms with Crippen molar-refractivity contribution < 1.29 is 4.48 Å². The molecule has 0 saturated heterocycles. The molecule has 228 valence electrons. The molecular formula is C38H68BN. The molecule has 0 heterocycles. The van der Waals surface area contributed by atoms with Crippen LogP contribution in [0.2, 0.25) is 12.6 Å². The highest BCUT2D eigenvalue weighted by atomic mass is 15.3. The maximum absolute atomic E-state index is 2.45. The molecule has 0 aliphatic carbocycles. The lowest BCUT2D eigenvalue weighted by Gasteiger charge is -2.43. The minimum atomic E-state index is -0.689. The van der Waals surface area contributed by atoms with Crippen molar-refractivity contribution in [3.05, 3.63) is 59.7 Å². The average molecular weight is 550 g/mol. The standard InChI is InChI=1S/C30H48B.C8H20N/c1-5-7-9-11-13-15-25-31(26-16-14-12-10-8-6-2,29-21-17-27(3)18-22-29)30-23-19-28(4)20-24-30;1-5-9(6-2,7-3)8-4/h17-24H,5-16,25-26H2,1-4H3;5-8H2,1-4H3/q-1;+1. The van der Waals surface area contributed by atoms with E-state index in [4.69, 9.17) is 0 Å². The van der Waals surface area contributed by atoms with E-state index in [0.29, 0.717) is 0 Å². The molecule has 0 aromatic heterocycles. The van der Waals surface area contributed by atoms with Gasteiger partial charge in [-0.1, -0.05) is 151 Å². The van der Waals surface area contributed by atoms with Crippen LogP contribution in [-0.4, -0.2) is 36.8 Å². The summed E-state index contributed by atoms with van der Waals surface area (Å²) in [6.45, 7) is 23.3. The molecule has 0 spiro atoms. The summed E-state index contributed by atoms with van der Waals surface area (Å²) < 4.78 is 1.28. The van der Waals surface area contributed by atoms with Crippen LogP contribution in [-0.2, 0) is 0 Å². The van der Waals surface area contributed by atoms with Crippen LogP contribution in [0, 0.1) is 13.8 Å². The highest BCUT2D eigenvalue weighted by Gasteiger charge is 2.27. The zero-order valence-electron chi connectivity index (χ0n) is 28.4. The van der Waals surface area contributed by atoms with E-state index in [1.165, 1.54) is 131 Å². The SMILES string of the molecule is CCCCCCCC[B-](CCCCCCCC)(c1ccc(C)cc1)c1ccc(C)cc1.CC[N+](CC)(CC)CC. The van der Waals surface area contributed by atoms with E-state index < -0.39 is 6.15 Å². The first kappa shape index (κ1) is 36.5. The lowest BCUT2D eigenvalue weighted by Crippen LogP contribution is -2.58. The molecule has 2 rings (SSSR count). The van der Waals surface area contributed by atoms with Gasteiger partial charge in [0.25, 0.3) is 0 Å². The first-order valence-corrected chi connectivity index (χ1v) is 17.5. The van der Waals surface area contributed by atoms with E-state index in [0.717, 1.165) is 0 Å². The van der Waals surface area contributed by atoms with E-state index >= 15 is 0 Å². The Morgan fingerprint density at radius 1 is 0.425 bits per heavy atom. The van der Waals surface area contributed by atoms with Gasteiger partial charge in [-0.15, -0.1) is 0 Å². The molecule has 0 fully saturated rings. The van der Waals surface area contributed by atoms with Crippen LogP contribution in [0.25, 0.3) is 0 Å². The molecule has 2 aromatic carbocycles. The highest BCUT2D eigenvalue weighted by molar-refractivity contribution is 7.02. The summed E-state index contributed by atoms with van der Waals surface area (Å²) >= 11 is 0. The van der Waals surface area contributed by atoms with E-state index in [-0.39, 0.29) is 0 Å². The Bertz CT molecular complexity index is 769. The second-order valence-corrected chi connectivity index (χ2v) is 12.8. The minimum absolute atomic E-state index is 0.689. The van der Waals surface area contributed by atoms with Crippen LogP contribution < -0.4 is 10.9 Å². The molecule has 0 radical (unpaired) electrons. The summed E-state index contributed by atoms with van der Waals surface area (Å²) in [6, 6.07) is 19.1. The zero-order chi connectivity index (χ0) is 29.7. The van der Waals surface area contributed by atoms with Gasteiger partial charge in [-0.05, 0) is 41.5 Å². The van der Waals surface area contributed by atoms with E-state index in [1.54, 1.807) is 10.9 Å². The Morgan fingerprint density at radius 3 is 1.00 bits per heavy atom. The lowest BCUT2D eigenvalue weighted by atomic mass is 9.15. The summed E-state index contributed by atoms with van der Waals surface area (Å²) in [5.74, 6) is 0. The van der Waals surface area contributed by atoms with Gasteiger partial charge in [0.05, 0.1) is 32.3 Å². The number of benzene rings is 2. The maximum Gasteiger partial charge on any atom is 0.0757 e. The van der Waals surface area contributed by atoms with Gasteiger partial charge in [0.1, 0.15) is 0 Å². The summed E-state index contributed by atoms with van der Waals surface area (Å²) in [5.41, 5.74) is 5.93. The van der Waals surface area contributed by atoms with Gasteiger partial charge in [-0.2, -0.15) is 12.6 Å². The van der Waals surface area contributed by atoms with Crippen LogP contribution in [0.15, 0.2) is 48.5 Å². The van der Waals surface area contributed by atoms with E-state index in [9.17, 15) is 0 Å². The molecule has 1 nitrogen and oxygen atoms in total. The molecule has 0 amide bonds. The van der Waals surface area contributed by atoms with Crippen LogP contribution in [0.3, 0.4) is 0 Å². The quantitative estimate of drug-likeness (QED) is 0.0875. The fourth-order valence-corrected chi connectivity index (χ4v) is 6.76. The Morgan fingerprint density at radius 2 is 0.725 bits per heavy atom. The highest BCUT2D eigenvalue weighted by Crippen LogP contribution is 2.25. The van der Waals surface area contributed by atoms with Crippen molar-refractivity contribution >= 4 is 17.1 Å². The Hall–Kier alpha value is -1.54. The molecule has 0 N–H and O–H groups in total. The van der Waals surface area contributed by atoms with E-state index in [1.807, 2.05) is 0 Å². The lowest BCUT2D eigenvalue weighted by molar-refractivity contribution is -0.921. The first-order chi connectivity index (χ1) is 19.4. The molecule has 40 heavy (non-hydrogen) atoms. The normalized spacial score (nSPS) is 11.8. The second kappa shape index (κ2) is 21.2. The van der Waals surface area contributed by atoms with Crippen molar-refractivity contribution in [1.82, 2.24) is 0 Å². The molecule has 0 bridgehead atoms. The van der Waals surface area contributed by atoms with Crippen LogP contribution >= 0.6 is 0 Å². The van der Waals surface area contributed by atoms with Gasteiger partial charge in [-0.25, -0.2) is 10.9 Å². The third kappa shape index (κ3) is 12.5. The number of hydrogen-bond donors (Lipinski definition) is 0. The Labute approximate surface area is 252 Å². The topological polar surface area (TPSA) is 0 Å². The minimum Gasteiger partial charge on any atom is -0.325 e. The summed E-state index contributed by atoms with van der Waals surface area (Å²) in [6.07, 6.45) is 18.6. The number of nitrogens with zero attached hydrogens (tertiary/aromatic N) is 1. The van der Waals surface area contributed by atoms with Gasteiger partial charge in [-0.3, -0.25) is 0 Å². The van der Waals surface area contributed by atoms with Gasteiger partial charge in [0.2, 0.25) is 0 Å². The molecular weight excluding hydrogens is 481 g/mol. The van der Waals surface area contributed by atoms with Crippen molar-refractivity contribution in [2.75, 3.05) is 26.2 Å². The van der Waals surface area contributed by atoms with Crippen molar-refractivity contribution in [3.8, 4) is 0 Å². The van der Waals surface area contributed by atoms with Crippen molar-refractivity contribution in [1.29, 1.82) is 0 Å². The average Bonchev–Trinajstić information content (AvgIpc) is 2.98. The zero-order valence-corrected chi connectivity index (χ0v) is 28.4. The van der Waals surface area contributed by atoms with Crippen LogP contribution in [0.1, 0.15) is 130 Å². The van der Waals surface area contributed by atoms with Crippen molar-refractivity contribution in [2.45, 2.75) is 145 Å². The van der Waals surface area contributed by atoms with Gasteiger partial charge < -0.3 is 4.48 Å². The monoisotopic (exact) mass is 550 g/mol. The van der Waals surface area contributed by atoms with Crippen LogP contribution in [0.5, 0.6) is 0 Å². The predicted molar refractivity (Wildman–Crippen MR) is 186 cm³/mol. The van der Waals surface area contributed by atoms with E-state index in [2.05, 4.69) is 104 Å². The molecule has 0 aliphatic heterocycles. The largest absolute Gasteiger partial charge is 0.325 e. The smallest absolute Gasteiger partial charge is 0.0757 e. The Kier molecular flexibility index (Phi) is 19.3. The molecule has 0 aliphatic rings. The fraction of sp³-hybridized carbons (Fsp3) is 0.684. The number of unbranched alkanes of at least 4 members (excludes halogenated alkanes) is 10. The summed E-state index contributed by atoms with van der Waals surface area (Å²) in [4.78, 5) is 0. The van der Waals surface area contributed by atoms with Gasteiger partial charge >= 0.3 is 0 Å². The molecule has 2 heteroatoms. The Balaban J connectivity index is 0.000000763. The third-order valence-electron chi connectivity index (χ3n) is 10.2. The van der Waals surface area contributed by atoms with Gasteiger partial charge in [0.15, 0.2) is 0 Å². The second-order valence-electron chi connectivity index (χ2n) is 12.8. The number of rotatable bonds is 20. The molecule has 0 saturated carbocycles. The molecule has 0 atom stereocenters. The number of hydrogen-bond acceptors (Lipinski definition) is 0. The number of aryl methyl sites for hydroxylation is 2. The van der Waals surface area contributed by atoms with Crippen LogP contribution in [0.4, 0.5) is 0 Å². The molecule has 0 unspecified atom stereocenters.